The highest BCUT2D eigenvalue weighted by molar-refractivity contribution is 9.10. The zero-order valence-corrected chi connectivity index (χ0v) is 14.8. The predicted octanol–water partition coefficient (Wildman–Crippen LogP) is 3.56. The predicted molar refractivity (Wildman–Crippen MR) is 91.4 cm³/mol. The van der Waals surface area contributed by atoms with Crippen molar-refractivity contribution in [2.75, 3.05) is 26.3 Å². The van der Waals surface area contributed by atoms with Gasteiger partial charge in [0.2, 0.25) is 0 Å². The molecule has 1 saturated heterocycles. The summed E-state index contributed by atoms with van der Waals surface area (Å²) in [7, 11) is 0. The van der Waals surface area contributed by atoms with Gasteiger partial charge in [0, 0.05) is 30.1 Å². The maximum atomic E-state index is 5.58. The van der Waals surface area contributed by atoms with Crippen molar-refractivity contribution in [1.82, 2.24) is 10.2 Å². The fourth-order valence-corrected chi connectivity index (χ4v) is 3.28. The van der Waals surface area contributed by atoms with Crippen LogP contribution in [0, 0.1) is 0 Å². The maximum Gasteiger partial charge on any atom is 0.0622 e. The second-order valence-electron chi connectivity index (χ2n) is 5.71. The molecule has 1 aromatic rings. The van der Waals surface area contributed by atoms with Crippen molar-refractivity contribution in [3.63, 3.8) is 0 Å². The molecular weight excluding hydrogens is 328 g/mol. The van der Waals surface area contributed by atoms with Crippen molar-refractivity contribution in [3.05, 3.63) is 33.8 Å². The lowest BCUT2D eigenvalue weighted by Crippen LogP contribution is -2.44. The Morgan fingerprint density at radius 1 is 1.38 bits per heavy atom. The number of morpholine rings is 1. The quantitative estimate of drug-likeness (QED) is 0.757. The summed E-state index contributed by atoms with van der Waals surface area (Å²) in [5.74, 6) is 0. The molecule has 1 aliphatic rings. The summed E-state index contributed by atoms with van der Waals surface area (Å²) in [4.78, 5) is 2.54. The molecule has 1 aliphatic heterocycles. The van der Waals surface area contributed by atoms with Gasteiger partial charge in [0.1, 0.15) is 0 Å². The van der Waals surface area contributed by atoms with E-state index in [9.17, 15) is 0 Å². The summed E-state index contributed by atoms with van der Waals surface area (Å²) in [6.07, 6.45) is 2.32. The van der Waals surface area contributed by atoms with E-state index in [1.165, 1.54) is 22.0 Å². The molecule has 1 unspecified atom stereocenters. The summed E-state index contributed by atoms with van der Waals surface area (Å²) in [6.45, 7) is 10.2. The van der Waals surface area contributed by atoms with Gasteiger partial charge >= 0.3 is 0 Å². The fraction of sp³-hybridized carbons (Fsp3) is 0.647. The molecule has 0 aliphatic carbocycles. The summed E-state index contributed by atoms with van der Waals surface area (Å²) in [5.41, 5.74) is 2.71. The Morgan fingerprint density at radius 2 is 2.24 bits per heavy atom. The lowest BCUT2D eigenvalue weighted by atomic mass is 10.1. The van der Waals surface area contributed by atoms with Crippen molar-refractivity contribution >= 4 is 15.9 Å². The molecular formula is C17H27BrN2O. The molecule has 2 rings (SSSR count). The molecule has 118 valence electrons. The van der Waals surface area contributed by atoms with Crippen LogP contribution in [0.3, 0.4) is 0 Å². The summed E-state index contributed by atoms with van der Waals surface area (Å²) >= 11 is 3.74. The third-order valence-corrected chi connectivity index (χ3v) is 4.81. The Balaban J connectivity index is 1.96. The van der Waals surface area contributed by atoms with E-state index in [-0.39, 0.29) is 0 Å². The van der Waals surface area contributed by atoms with Gasteiger partial charge in [-0.05, 0) is 36.6 Å². The van der Waals surface area contributed by atoms with Crippen LogP contribution in [0.15, 0.2) is 22.7 Å². The van der Waals surface area contributed by atoms with Gasteiger partial charge in [-0.15, -0.1) is 0 Å². The van der Waals surface area contributed by atoms with Crippen LogP contribution in [0.2, 0.25) is 0 Å². The highest BCUT2D eigenvalue weighted by atomic mass is 79.9. The molecule has 0 spiro atoms. The first-order chi connectivity index (χ1) is 10.2. The van der Waals surface area contributed by atoms with E-state index >= 15 is 0 Å². The van der Waals surface area contributed by atoms with E-state index in [4.69, 9.17) is 4.74 Å². The first-order valence-electron chi connectivity index (χ1n) is 8.04. The third kappa shape index (κ3) is 5.06. The molecule has 0 bridgehead atoms. The van der Waals surface area contributed by atoms with Crippen molar-refractivity contribution in [2.24, 2.45) is 0 Å². The van der Waals surface area contributed by atoms with Crippen LogP contribution in [-0.2, 0) is 17.8 Å². The number of halogens is 1. The second-order valence-corrected chi connectivity index (χ2v) is 6.56. The van der Waals surface area contributed by atoms with E-state index < -0.39 is 0 Å². The van der Waals surface area contributed by atoms with Gasteiger partial charge < -0.3 is 10.1 Å². The van der Waals surface area contributed by atoms with Gasteiger partial charge in [-0.3, -0.25) is 4.90 Å². The highest BCUT2D eigenvalue weighted by Crippen LogP contribution is 2.22. The molecule has 1 heterocycles. The van der Waals surface area contributed by atoms with Crippen molar-refractivity contribution < 1.29 is 4.74 Å². The van der Waals surface area contributed by atoms with E-state index in [1.54, 1.807) is 0 Å². The van der Waals surface area contributed by atoms with Gasteiger partial charge in [-0.2, -0.15) is 0 Å². The zero-order valence-electron chi connectivity index (χ0n) is 13.2. The SMILES string of the molecule is CCCNCc1ccc(CN2CCOCC2CC)c(Br)c1. The van der Waals surface area contributed by atoms with E-state index in [0.29, 0.717) is 6.04 Å². The number of ether oxygens (including phenoxy) is 1. The second kappa shape index (κ2) is 8.89. The van der Waals surface area contributed by atoms with Crippen LogP contribution >= 0.6 is 15.9 Å². The van der Waals surface area contributed by atoms with Gasteiger partial charge in [-0.1, -0.05) is 41.9 Å². The summed E-state index contributed by atoms with van der Waals surface area (Å²) < 4.78 is 6.81. The fourth-order valence-electron chi connectivity index (χ4n) is 2.73. The highest BCUT2D eigenvalue weighted by Gasteiger charge is 2.21. The first kappa shape index (κ1) is 16.9. The molecule has 0 aromatic heterocycles. The first-order valence-corrected chi connectivity index (χ1v) is 8.83. The minimum absolute atomic E-state index is 0.552. The van der Waals surface area contributed by atoms with Crippen LogP contribution < -0.4 is 5.32 Å². The maximum absolute atomic E-state index is 5.58. The Kier molecular flexibility index (Phi) is 7.17. The lowest BCUT2D eigenvalue weighted by molar-refractivity contribution is -0.0128. The zero-order chi connectivity index (χ0) is 15.1. The Labute approximate surface area is 137 Å². The van der Waals surface area contributed by atoms with Crippen molar-refractivity contribution in [1.29, 1.82) is 0 Å². The molecule has 0 amide bonds. The van der Waals surface area contributed by atoms with Crippen molar-refractivity contribution in [3.8, 4) is 0 Å². The van der Waals surface area contributed by atoms with Crippen LogP contribution in [0.25, 0.3) is 0 Å². The Bertz CT molecular complexity index is 439. The van der Waals surface area contributed by atoms with Crippen LogP contribution in [0.5, 0.6) is 0 Å². The number of hydrogen-bond acceptors (Lipinski definition) is 3. The molecule has 1 aromatic carbocycles. The van der Waals surface area contributed by atoms with Crippen LogP contribution in [-0.4, -0.2) is 37.2 Å². The molecule has 3 nitrogen and oxygen atoms in total. The number of nitrogens with one attached hydrogen (secondary N) is 1. The average molecular weight is 355 g/mol. The minimum atomic E-state index is 0.552. The molecule has 1 fully saturated rings. The molecule has 0 radical (unpaired) electrons. The standard InChI is InChI=1S/C17H27BrN2O/c1-3-7-19-11-14-5-6-15(17(18)10-14)12-20-8-9-21-13-16(20)4-2/h5-6,10,16,19H,3-4,7-9,11-13H2,1-2H3. The molecule has 1 N–H and O–H groups in total. The van der Waals surface area contributed by atoms with Crippen LogP contribution in [0.1, 0.15) is 37.8 Å². The minimum Gasteiger partial charge on any atom is -0.378 e. The number of benzene rings is 1. The molecule has 21 heavy (non-hydrogen) atoms. The molecule has 0 saturated carbocycles. The number of hydrogen-bond donors (Lipinski definition) is 1. The van der Waals surface area contributed by atoms with E-state index in [1.807, 2.05) is 0 Å². The Morgan fingerprint density at radius 3 is 2.95 bits per heavy atom. The lowest BCUT2D eigenvalue weighted by Gasteiger charge is -2.35. The normalized spacial score (nSPS) is 19.9. The van der Waals surface area contributed by atoms with Gasteiger partial charge in [0.05, 0.1) is 13.2 Å². The topological polar surface area (TPSA) is 24.5 Å². The van der Waals surface area contributed by atoms with Crippen molar-refractivity contribution in [2.45, 2.75) is 45.8 Å². The van der Waals surface area contributed by atoms with E-state index in [2.05, 4.69) is 58.2 Å². The third-order valence-electron chi connectivity index (χ3n) is 4.07. The monoisotopic (exact) mass is 354 g/mol. The van der Waals surface area contributed by atoms with Crippen LogP contribution in [0.4, 0.5) is 0 Å². The van der Waals surface area contributed by atoms with Gasteiger partial charge in [-0.25, -0.2) is 0 Å². The van der Waals surface area contributed by atoms with E-state index in [0.717, 1.165) is 45.8 Å². The smallest absolute Gasteiger partial charge is 0.0622 e. The number of nitrogens with zero attached hydrogens (tertiary/aromatic N) is 1. The number of rotatable bonds is 7. The van der Waals surface area contributed by atoms with Gasteiger partial charge in [0.15, 0.2) is 0 Å². The molecule has 4 heteroatoms. The average Bonchev–Trinajstić information content (AvgIpc) is 2.50. The van der Waals surface area contributed by atoms with Gasteiger partial charge in [0.25, 0.3) is 0 Å². The largest absolute Gasteiger partial charge is 0.378 e. The summed E-state index contributed by atoms with van der Waals surface area (Å²) in [5, 5.41) is 3.45. The molecule has 1 atom stereocenters. The summed E-state index contributed by atoms with van der Waals surface area (Å²) in [6, 6.07) is 7.30. The Hall–Kier alpha value is -0.420.